The molecule has 0 bridgehead atoms. The van der Waals surface area contributed by atoms with Crippen molar-refractivity contribution >= 4 is 17.7 Å². The Morgan fingerprint density at radius 3 is 2.44 bits per heavy atom. The molecule has 1 N–H and O–H groups in total. The lowest BCUT2D eigenvalue weighted by atomic mass is 10.1. The standard InChI is InChI=1S/C20H24FNO2S/c1-2-3-16-6-10-19(11-7-16)24-13-12-22-20(23)15-25-14-17-4-8-18(21)9-5-17/h4-11H,2-3,12-15H2,1H3,(H,22,23). The summed E-state index contributed by atoms with van der Waals surface area (Å²) in [6.07, 6.45) is 2.21. The van der Waals surface area contributed by atoms with Crippen molar-refractivity contribution in [3.8, 4) is 5.75 Å². The maximum absolute atomic E-state index is 12.8. The monoisotopic (exact) mass is 361 g/mol. The van der Waals surface area contributed by atoms with Gasteiger partial charge in [0.2, 0.25) is 5.91 Å². The van der Waals surface area contributed by atoms with E-state index >= 15 is 0 Å². The van der Waals surface area contributed by atoms with Crippen molar-refractivity contribution in [2.24, 2.45) is 0 Å². The molecule has 0 radical (unpaired) electrons. The molecule has 0 heterocycles. The second kappa shape index (κ2) is 10.8. The van der Waals surface area contributed by atoms with Crippen LogP contribution in [-0.4, -0.2) is 24.8 Å². The lowest BCUT2D eigenvalue weighted by molar-refractivity contribution is -0.118. The number of rotatable bonds is 10. The maximum Gasteiger partial charge on any atom is 0.230 e. The first-order valence-electron chi connectivity index (χ1n) is 8.48. The van der Waals surface area contributed by atoms with Gasteiger partial charge in [0.15, 0.2) is 0 Å². The number of benzene rings is 2. The van der Waals surface area contributed by atoms with Gasteiger partial charge in [-0.15, -0.1) is 11.8 Å². The Kier molecular flexibility index (Phi) is 8.32. The molecule has 1 amide bonds. The highest BCUT2D eigenvalue weighted by Crippen LogP contribution is 2.14. The minimum atomic E-state index is -0.244. The van der Waals surface area contributed by atoms with Gasteiger partial charge in [0.25, 0.3) is 0 Å². The molecule has 2 aromatic carbocycles. The Morgan fingerprint density at radius 2 is 1.76 bits per heavy atom. The molecule has 0 fully saturated rings. The molecule has 5 heteroatoms. The molecule has 25 heavy (non-hydrogen) atoms. The van der Waals surface area contributed by atoms with Gasteiger partial charge in [-0.1, -0.05) is 37.6 Å². The second-order valence-electron chi connectivity index (χ2n) is 5.71. The summed E-state index contributed by atoms with van der Waals surface area (Å²) in [5.41, 5.74) is 2.32. The average Bonchev–Trinajstić information content (AvgIpc) is 2.62. The summed E-state index contributed by atoms with van der Waals surface area (Å²) in [6.45, 7) is 3.08. The zero-order chi connectivity index (χ0) is 17.9. The number of halogens is 1. The van der Waals surface area contributed by atoms with Crippen molar-refractivity contribution in [1.29, 1.82) is 0 Å². The van der Waals surface area contributed by atoms with Crippen LogP contribution in [-0.2, 0) is 17.0 Å². The quantitative estimate of drug-likeness (QED) is 0.644. The fourth-order valence-electron chi connectivity index (χ4n) is 2.29. The molecule has 0 aliphatic carbocycles. The number of carbonyl (C=O) groups excluding carboxylic acids is 1. The van der Waals surface area contributed by atoms with Crippen LogP contribution in [0.25, 0.3) is 0 Å². The molecule has 0 aliphatic rings. The Labute approximate surface area is 153 Å². The molecule has 0 aromatic heterocycles. The number of hydrogen-bond acceptors (Lipinski definition) is 3. The first-order valence-corrected chi connectivity index (χ1v) is 9.63. The molecule has 0 spiro atoms. The van der Waals surface area contributed by atoms with Crippen molar-refractivity contribution < 1.29 is 13.9 Å². The summed E-state index contributed by atoms with van der Waals surface area (Å²) in [4.78, 5) is 11.8. The lowest BCUT2D eigenvalue weighted by Crippen LogP contribution is -2.29. The van der Waals surface area contributed by atoms with E-state index < -0.39 is 0 Å². The van der Waals surface area contributed by atoms with Gasteiger partial charge in [-0.25, -0.2) is 4.39 Å². The number of aryl methyl sites for hydroxylation is 1. The largest absolute Gasteiger partial charge is 0.492 e. The lowest BCUT2D eigenvalue weighted by Gasteiger charge is -2.08. The summed E-state index contributed by atoms with van der Waals surface area (Å²) in [6, 6.07) is 14.4. The van der Waals surface area contributed by atoms with E-state index in [-0.39, 0.29) is 11.7 Å². The van der Waals surface area contributed by atoms with Gasteiger partial charge in [0.1, 0.15) is 18.2 Å². The Hall–Kier alpha value is -2.01. The van der Waals surface area contributed by atoms with Gasteiger partial charge in [-0.3, -0.25) is 4.79 Å². The van der Waals surface area contributed by atoms with Gasteiger partial charge in [-0.2, -0.15) is 0 Å². The molecule has 0 unspecified atom stereocenters. The van der Waals surface area contributed by atoms with Crippen LogP contribution in [0, 0.1) is 5.82 Å². The summed E-state index contributed by atoms with van der Waals surface area (Å²) in [7, 11) is 0. The number of hydrogen-bond donors (Lipinski definition) is 1. The van der Waals surface area contributed by atoms with Crippen LogP contribution >= 0.6 is 11.8 Å². The zero-order valence-corrected chi connectivity index (χ0v) is 15.3. The summed E-state index contributed by atoms with van der Waals surface area (Å²) in [5, 5.41) is 2.84. The van der Waals surface area contributed by atoms with E-state index in [2.05, 4.69) is 24.4 Å². The fraction of sp³-hybridized carbons (Fsp3) is 0.350. The Morgan fingerprint density at radius 1 is 1.08 bits per heavy atom. The van der Waals surface area contributed by atoms with Gasteiger partial charge < -0.3 is 10.1 Å². The van der Waals surface area contributed by atoms with Crippen molar-refractivity contribution in [3.05, 3.63) is 65.5 Å². The van der Waals surface area contributed by atoms with E-state index in [1.807, 2.05) is 12.1 Å². The van der Waals surface area contributed by atoms with Crippen LogP contribution in [0.5, 0.6) is 5.75 Å². The van der Waals surface area contributed by atoms with E-state index in [0.29, 0.717) is 24.7 Å². The van der Waals surface area contributed by atoms with Crippen molar-refractivity contribution in [2.45, 2.75) is 25.5 Å². The normalized spacial score (nSPS) is 10.5. The number of nitrogens with one attached hydrogen (secondary N) is 1. The Balaban J connectivity index is 1.56. The number of ether oxygens (including phenoxy) is 1. The summed E-state index contributed by atoms with van der Waals surface area (Å²) < 4.78 is 18.4. The molecule has 3 nitrogen and oxygen atoms in total. The van der Waals surface area contributed by atoms with E-state index in [0.717, 1.165) is 24.2 Å². The molecule has 0 atom stereocenters. The van der Waals surface area contributed by atoms with Crippen LogP contribution in [0.3, 0.4) is 0 Å². The molecule has 0 saturated carbocycles. The molecule has 2 aromatic rings. The minimum Gasteiger partial charge on any atom is -0.492 e. The third-order valence-corrected chi connectivity index (χ3v) is 4.57. The first kappa shape index (κ1) is 19.3. The summed E-state index contributed by atoms with van der Waals surface area (Å²) >= 11 is 1.51. The molecule has 0 aliphatic heterocycles. The third kappa shape index (κ3) is 7.61. The SMILES string of the molecule is CCCc1ccc(OCCNC(=O)CSCc2ccc(F)cc2)cc1. The number of amides is 1. The van der Waals surface area contributed by atoms with Crippen LogP contribution in [0.1, 0.15) is 24.5 Å². The first-order chi connectivity index (χ1) is 12.2. The van der Waals surface area contributed by atoms with Gasteiger partial charge >= 0.3 is 0 Å². The molecular formula is C20H24FNO2S. The third-order valence-electron chi connectivity index (χ3n) is 3.57. The highest BCUT2D eigenvalue weighted by atomic mass is 32.2. The molecule has 0 saturated heterocycles. The van der Waals surface area contributed by atoms with Crippen molar-refractivity contribution in [3.63, 3.8) is 0 Å². The smallest absolute Gasteiger partial charge is 0.230 e. The summed E-state index contributed by atoms with van der Waals surface area (Å²) in [5.74, 6) is 1.62. The van der Waals surface area contributed by atoms with Crippen LogP contribution in [0.2, 0.25) is 0 Å². The van der Waals surface area contributed by atoms with Crippen molar-refractivity contribution in [2.75, 3.05) is 18.9 Å². The maximum atomic E-state index is 12.8. The highest BCUT2D eigenvalue weighted by Gasteiger charge is 2.02. The van der Waals surface area contributed by atoms with Gasteiger partial charge in [-0.05, 0) is 41.8 Å². The molecule has 134 valence electrons. The molecular weight excluding hydrogens is 337 g/mol. The van der Waals surface area contributed by atoms with Crippen molar-refractivity contribution in [1.82, 2.24) is 5.32 Å². The predicted octanol–water partition coefficient (Wildman–Crippen LogP) is 4.21. The van der Waals surface area contributed by atoms with Gasteiger partial charge in [0, 0.05) is 5.75 Å². The second-order valence-corrected chi connectivity index (χ2v) is 6.70. The Bertz CT molecular complexity index is 644. The zero-order valence-electron chi connectivity index (χ0n) is 14.5. The highest BCUT2D eigenvalue weighted by molar-refractivity contribution is 7.99. The topological polar surface area (TPSA) is 38.3 Å². The van der Waals surface area contributed by atoms with E-state index in [1.165, 1.54) is 29.5 Å². The fourth-order valence-corrected chi connectivity index (χ4v) is 3.11. The van der Waals surface area contributed by atoms with Crippen LogP contribution in [0.15, 0.2) is 48.5 Å². The molecule has 2 rings (SSSR count). The average molecular weight is 361 g/mol. The minimum absolute atomic E-state index is 0.0194. The number of carbonyl (C=O) groups is 1. The van der Waals surface area contributed by atoms with Crippen LogP contribution < -0.4 is 10.1 Å². The van der Waals surface area contributed by atoms with E-state index in [9.17, 15) is 9.18 Å². The van der Waals surface area contributed by atoms with E-state index in [1.54, 1.807) is 12.1 Å². The van der Waals surface area contributed by atoms with E-state index in [4.69, 9.17) is 4.74 Å². The number of thioether (sulfide) groups is 1. The van der Waals surface area contributed by atoms with Gasteiger partial charge in [0.05, 0.1) is 12.3 Å². The predicted molar refractivity (Wildman–Crippen MR) is 102 cm³/mol. The van der Waals surface area contributed by atoms with Crippen LogP contribution in [0.4, 0.5) is 4.39 Å².